The van der Waals surface area contributed by atoms with Crippen molar-refractivity contribution < 1.29 is 23.9 Å². The molecule has 142 valence electrons. The Morgan fingerprint density at radius 1 is 1.33 bits per heavy atom. The first-order valence-electron chi connectivity index (χ1n) is 8.40. The molecule has 0 fully saturated rings. The first-order valence-corrected chi connectivity index (χ1v) is 8.40. The number of oxime groups is 1. The van der Waals surface area contributed by atoms with Gasteiger partial charge in [-0.1, -0.05) is 5.16 Å². The van der Waals surface area contributed by atoms with Gasteiger partial charge in [-0.3, -0.25) is 9.48 Å². The zero-order valence-corrected chi connectivity index (χ0v) is 15.3. The van der Waals surface area contributed by atoms with E-state index in [1.165, 1.54) is 10.9 Å². The van der Waals surface area contributed by atoms with E-state index >= 15 is 0 Å². The second-order valence-corrected chi connectivity index (χ2v) is 5.80. The molecule has 27 heavy (non-hydrogen) atoms. The lowest BCUT2D eigenvalue weighted by Crippen LogP contribution is -2.29. The second kappa shape index (κ2) is 7.90. The Bertz CT molecular complexity index is 872. The number of methoxy groups -OCH3 is 1. The van der Waals surface area contributed by atoms with Gasteiger partial charge in [-0.05, 0) is 36.8 Å². The van der Waals surface area contributed by atoms with Crippen molar-refractivity contribution in [1.82, 2.24) is 9.78 Å². The maximum atomic E-state index is 12.6. The average molecular weight is 372 g/mol. The van der Waals surface area contributed by atoms with Gasteiger partial charge in [0.15, 0.2) is 0 Å². The summed E-state index contributed by atoms with van der Waals surface area (Å²) in [6.07, 6.45) is 0.861. The van der Waals surface area contributed by atoms with Crippen LogP contribution in [0.15, 0.2) is 35.6 Å². The number of nitrogens with zero attached hydrogens (tertiary/aromatic N) is 3. The van der Waals surface area contributed by atoms with Crippen LogP contribution in [0.2, 0.25) is 0 Å². The van der Waals surface area contributed by atoms with Crippen LogP contribution in [0.25, 0.3) is 0 Å². The number of ether oxygens (including phenoxy) is 2. The fourth-order valence-corrected chi connectivity index (χ4v) is 2.61. The minimum absolute atomic E-state index is 0.182. The molecule has 3 rings (SSSR count). The fourth-order valence-electron chi connectivity index (χ4n) is 2.61. The molecule has 9 heteroatoms. The third-order valence-corrected chi connectivity index (χ3v) is 4.06. The van der Waals surface area contributed by atoms with E-state index in [9.17, 15) is 9.59 Å². The van der Waals surface area contributed by atoms with Crippen molar-refractivity contribution in [3.8, 4) is 5.75 Å². The Labute approximate surface area is 155 Å². The predicted octanol–water partition coefficient (Wildman–Crippen LogP) is 1.74. The molecule has 0 saturated carbocycles. The zero-order valence-electron chi connectivity index (χ0n) is 15.3. The van der Waals surface area contributed by atoms with E-state index in [2.05, 4.69) is 15.6 Å². The molecule has 1 aromatic carbocycles. The largest absolute Gasteiger partial charge is 0.497 e. The monoisotopic (exact) mass is 372 g/mol. The number of rotatable bonds is 6. The van der Waals surface area contributed by atoms with Gasteiger partial charge in [0.25, 0.3) is 5.91 Å². The highest BCUT2D eigenvalue weighted by Gasteiger charge is 2.31. The van der Waals surface area contributed by atoms with Gasteiger partial charge >= 0.3 is 5.97 Å². The first-order chi connectivity index (χ1) is 13.0. The number of anilines is 1. The van der Waals surface area contributed by atoms with Crippen LogP contribution >= 0.6 is 0 Å². The Balaban J connectivity index is 1.67. The molecule has 0 spiro atoms. The van der Waals surface area contributed by atoms with Gasteiger partial charge in [-0.25, -0.2) is 4.79 Å². The highest BCUT2D eigenvalue weighted by molar-refractivity contribution is 6.07. The number of esters is 1. The number of carbonyl (C=O) groups excluding carboxylic acids is 2. The molecule has 0 bridgehead atoms. The number of aromatic nitrogens is 2. The molecule has 1 amide bonds. The van der Waals surface area contributed by atoms with Crippen molar-refractivity contribution in [2.24, 2.45) is 12.2 Å². The topological polar surface area (TPSA) is 104 Å². The number of benzene rings is 1. The van der Waals surface area contributed by atoms with E-state index < -0.39 is 18.0 Å². The van der Waals surface area contributed by atoms with Crippen molar-refractivity contribution in [1.29, 1.82) is 0 Å². The molecule has 0 radical (unpaired) electrons. The standard InChI is InChI=1S/C18H20N4O5/c1-4-26-18(24)13-10-19-22(2)16(13)20-17(23)15-9-14(21-27-15)11-5-7-12(25-3)8-6-11/h5-8,10,15H,4,9H2,1-3H3,(H,20,23). The molecule has 1 aliphatic heterocycles. The number of amides is 1. The molecule has 0 saturated heterocycles. The summed E-state index contributed by atoms with van der Waals surface area (Å²) in [6.45, 7) is 1.93. The van der Waals surface area contributed by atoms with Gasteiger partial charge < -0.3 is 19.6 Å². The molecule has 1 N–H and O–H groups in total. The van der Waals surface area contributed by atoms with Gasteiger partial charge in [-0.2, -0.15) is 5.10 Å². The minimum Gasteiger partial charge on any atom is -0.497 e. The van der Waals surface area contributed by atoms with Crippen LogP contribution < -0.4 is 10.1 Å². The Morgan fingerprint density at radius 2 is 2.07 bits per heavy atom. The van der Waals surface area contributed by atoms with Crippen LogP contribution in [-0.4, -0.2) is 47.2 Å². The van der Waals surface area contributed by atoms with Crippen LogP contribution in [0.1, 0.15) is 29.3 Å². The summed E-state index contributed by atoms with van der Waals surface area (Å²) in [5, 5.41) is 10.7. The SMILES string of the molecule is CCOC(=O)c1cnn(C)c1NC(=O)C1CC(c2ccc(OC)cc2)=NO1. The lowest BCUT2D eigenvalue weighted by Gasteiger charge is -2.11. The van der Waals surface area contributed by atoms with Crippen molar-refractivity contribution in [2.75, 3.05) is 19.0 Å². The van der Waals surface area contributed by atoms with Crippen molar-refractivity contribution in [2.45, 2.75) is 19.4 Å². The fraction of sp³-hybridized carbons (Fsp3) is 0.333. The van der Waals surface area contributed by atoms with Gasteiger partial charge in [0.2, 0.25) is 6.10 Å². The summed E-state index contributed by atoms with van der Waals surface area (Å²) in [7, 11) is 3.21. The summed E-state index contributed by atoms with van der Waals surface area (Å²) < 4.78 is 11.5. The molecule has 1 aromatic heterocycles. The maximum absolute atomic E-state index is 12.6. The highest BCUT2D eigenvalue weighted by Crippen LogP contribution is 2.22. The lowest BCUT2D eigenvalue weighted by molar-refractivity contribution is -0.125. The van der Waals surface area contributed by atoms with E-state index in [0.717, 1.165) is 11.3 Å². The molecular weight excluding hydrogens is 352 g/mol. The predicted molar refractivity (Wildman–Crippen MR) is 96.8 cm³/mol. The molecule has 0 aliphatic carbocycles. The Kier molecular flexibility index (Phi) is 5.39. The van der Waals surface area contributed by atoms with E-state index in [4.69, 9.17) is 14.3 Å². The molecule has 1 unspecified atom stereocenters. The van der Waals surface area contributed by atoms with Crippen molar-refractivity contribution in [3.05, 3.63) is 41.6 Å². The van der Waals surface area contributed by atoms with Crippen LogP contribution in [0.3, 0.4) is 0 Å². The number of aryl methyl sites for hydroxylation is 1. The summed E-state index contributed by atoms with van der Waals surface area (Å²) in [4.78, 5) is 29.8. The van der Waals surface area contributed by atoms with Crippen molar-refractivity contribution in [3.63, 3.8) is 0 Å². The van der Waals surface area contributed by atoms with Crippen LogP contribution in [-0.2, 0) is 21.4 Å². The minimum atomic E-state index is -0.799. The molecule has 1 aliphatic rings. The summed E-state index contributed by atoms with van der Waals surface area (Å²) in [5.41, 5.74) is 1.69. The lowest BCUT2D eigenvalue weighted by atomic mass is 10.0. The highest BCUT2D eigenvalue weighted by atomic mass is 16.6. The van der Waals surface area contributed by atoms with Crippen molar-refractivity contribution >= 4 is 23.4 Å². The molecular formula is C18H20N4O5. The average Bonchev–Trinajstić information content (AvgIpc) is 3.30. The van der Waals surface area contributed by atoms with Gasteiger partial charge in [0.1, 0.15) is 17.1 Å². The van der Waals surface area contributed by atoms with Crippen LogP contribution in [0, 0.1) is 0 Å². The van der Waals surface area contributed by atoms with Crippen LogP contribution in [0.4, 0.5) is 5.82 Å². The number of hydrogen-bond acceptors (Lipinski definition) is 7. The van der Waals surface area contributed by atoms with E-state index in [1.54, 1.807) is 21.1 Å². The maximum Gasteiger partial charge on any atom is 0.343 e. The van der Waals surface area contributed by atoms with E-state index in [1.807, 2.05) is 24.3 Å². The second-order valence-electron chi connectivity index (χ2n) is 5.80. The summed E-state index contributed by atoms with van der Waals surface area (Å²) >= 11 is 0. The third-order valence-electron chi connectivity index (χ3n) is 4.06. The summed E-state index contributed by atoms with van der Waals surface area (Å²) in [6, 6.07) is 7.32. The third kappa shape index (κ3) is 3.91. The smallest absolute Gasteiger partial charge is 0.343 e. The Morgan fingerprint density at radius 3 is 2.74 bits per heavy atom. The van der Waals surface area contributed by atoms with Gasteiger partial charge in [0, 0.05) is 13.5 Å². The molecule has 1 atom stereocenters. The number of hydrogen-bond donors (Lipinski definition) is 1. The molecule has 2 aromatic rings. The normalized spacial score (nSPS) is 15.7. The number of carbonyl (C=O) groups is 2. The quantitative estimate of drug-likeness (QED) is 0.775. The van der Waals surface area contributed by atoms with Gasteiger partial charge in [0.05, 0.1) is 25.6 Å². The Hall–Kier alpha value is -3.36. The first kappa shape index (κ1) is 18.4. The molecule has 9 nitrogen and oxygen atoms in total. The number of nitrogens with one attached hydrogen (secondary N) is 1. The van der Waals surface area contributed by atoms with E-state index in [-0.39, 0.29) is 18.0 Å². The van der Waals surface area contributed by atoms with E-state index in [0.29, 0.717) is 12.1 Å². The zero-order chi connectivity index (χ0) is 19.4. The van der Waals surface area contributed by atoms with Gasteiger partial charge in [-0.15, -0.1) is 0 Å². The van der Waals surface area contributed by atoms with Crippen LogP contribution in [0.5, 0.6) is 5.75 Å². The molecule has 2 heterocycles. The summed E-state index contributed by atoms with van der Waals surface area (Å²) in [5.74, 6) is 0.00929.